The molecule has 0 saturated carbocycles. The van der Waals surface area contributed by atoms with Crippen molar-refractivity contribution in [1.82, 2.24) is 8.61 Å². The summed E-state index contributed by atoms with van der Waals surface area (Å²) in [6, 6.07) is 6.83. The summed E-state index contributed by atoms with van der Waals surface area (Å²) >= 11 is 0. The summed E-state index contributed by atoms with van der Waals surface area (Å²) in [4.78, 5) is 11.8. The minimum atomic E-state index is -3.60. The topological polar surface area (TPSA) is 79.0 Å². The van der Waals surface area contributed by atoms with Gasteiger partial charge in [-0.05, 0) is 12.1 Å². The molecule has 0 aliphatic rings. The molecule has 0 spiro atoms. The van der Waals surface area contributed by atoms with Crippen LogP contribution in [0.5, 0.6) is 5.75 Å². The zero-order valence-electron chi connectivity index (χ0n) is 12.0. The highest BCUT2D eigenvalue weighted by molar-refractivity contribution is 7.86. The normalized spacial score (nSPS) is 11.7. The van der Waals surface area contributed by atoms with E-state index in [2.05, 4.69) is 5.32 Å². The Morgan fingerprint density at radius 3 is 2.50 bits per heavy atom. The molecule has 0 radical (unpaired) electrons. The number of methoxy groups -OCH3 is 1. The monoisotopic (exact) mass is 301 g/mol. The van der Waals surface area contributed by atoms with Gasteiger partial charge in [-0.3, -0.25) is 4.79 Å². The van der Waals surface area contributed by atoms with Crippen LogP contribution in [0, 0.1) is 0 Å². The largest absolute Gasteiger partial charge is 0.497 e. The molecule has 0 aliphatic heterocycles. The third-order valence-electron chi connectivity index (χ3n) is 2.58. The van der Waals surface area contributed by atoms with Crippen LogP contribution in [0.4, 0.5) is 5.69 Å². The Bertz CT molecular complexity index is 572. The molecule has 0 aliphatic carbocycles. The Balaban J connectivity index is 2.68. The molecule has 0 fully saturated rings. The predicted octanol–water partition coefficient (Wildman–Crippen LogP) is 0.372. The van der Waals surface area contributed by atoms with Crippen LogP contribution >= 0.6 is 0 Å². The minimum Gasteiger partial charge on any atom is -0.497 e. The van der Waals surface area contributed by atoms with Gasteiger partial charge in [-0.1, -0.05) is 6.07 Å². The van der Waals surface area contributed by atoms with E-state index in [1.807, 2.05) is 0 Å². The zero-order chi connectivity index (χ0) is 15.3. The van der Waals surface area contributed by atoms with Crippen LogP contribution in [0.3, 0.4) is 0 Å². The van der Waals surface area contributed by atoms with Crippen molar-refractivity contribution in [3.63, 3.8) is 0 Å². The Labute approximate surface area is 119 Å². The van der Waals surface area contributed by atoms with E-state index < -0.39 is 16.1 Å². The van der Waals surface area contributed by atoms with Gasteiger partial charge in [0.2, 0.25) is 5.91 Å². The third kappa shape index (κ3) is 4.19. The second kappa shape index (κ2) is 6.69. The maximum absolute atomic E-state index is 11.8. The zero-order valence-corrected chi connectivity index (χ0v) is 12.8. The molecule has 112 valence electrons. The average Bonchev–Trinajstić information content (AvgIpc) is 2.38. The Hall–Kier alpha value is -1.64. The van der Waals surface area contributed by atoms with E-state index in [1.165, 1.54) is 28.3 Å². The molecule has 1 aromatic carbocycles. The number of carbonyl (C=O) groups is 1. The number of benzene rings is 1. The molecule has 7 nitrogen and oxygen atoms in total. The van der Waals surface area contributed by atoms with Gasteiger partial charge >= 0.3 is 0 Å². The molecule has 1 amide bonds. The number of hydrogen-bond acceptors (Lipinski definition) is 4. The van der Waals surface area contributed by atoms with Gasteiger partial charge in [-0.25, -0.2) is 0 Å². The van der Waals surface area contributed by atoms with Crippen molar-refractivity contribution in [2.75, 3.05) is 40.1 Å². The van der Waals surface area contributed by atoms with E-state index >= 15 is 0 Å². The first-order valence-corrected chi connectivity index (χ1v) is 7.24. The number of nitrogens with zero attached hydrogens (tertiary/aromatic N) is 2. The van der Waals surface area contributed by atoms with Crippen LogP contribution < -0.4 is 10.1 Å². The molecule has 0 unspecified atom stereocenters. The first-order chi connectivity index (χ1) is 9.27. The average molecular weight is 301 g/mol. The van der Waals surface area contributed by atoms with Crippen LogP contribution in [-0.2, 0) is 15.0 Å². The van der Waals surface area contributed by atoms with Crippen molar-refractivity contribution in [1.29, 1.82) is 0 Å². The summed E-state index contributed by atoms with van der Waals surface area (Å²) in [5.41, 5.74) is 0.546. The van der Waals surface area contributed by atoms with E-state index in [4.69, 9.17) is 4.74 Å². The van der Waals surface area contributed by atoms with E-state index in [9.17, 15) is 13.2 Å². The molecule has 20 heavy (non-hydrogen) atoms. The van der Waals surface area contributed by atoms with Crippen molar-refractivity contribution in [3.05, 3.63) is 24.3 Å². The highest BCUT2D eigenvalue weighted by Gasteiger charge is 2.22. The second-order valence-electron chi connectivity index (χ2n) is 4.33. The maximum Gasteiger partial charge on any atom is 0.281 e. The molecule has 0 bridgehead atoms. The van der Waals surface area contributed by atoms with Gasteiger partial charge in [0.25, 0.3) is 10.2 Å². The van der Waals surface area contributed by atoms with Crippen molar-refractivity contribution in [2.24, 2.45) is 0 Å². The summed E-state index contributed by atoms with van der Waals surface area (Å²) in [5.74, 6) is 0.184. The Morgan fingerprint density at radius 1 is 1.30 bits per heavy atom. The highest BCUT2D eigenvalue weighted by atomic mass is 32.2. The van der Waals surface area contributed by atoms with Gasteiger partial charge in [0.1, 0.15) is 5.75 Å². The molecule has 0 atom stereocenters. The summed E-state index contributed by atoms with van der Waals surface area (Å²) in [5, 5.41) is 2.61. The van der Waals surface area contributed by atoms with Crippen molar-refractivity contribution in [3.8, 4) is 5.75 Å². The number of ether oxygens (including phenoxy) is 1. The van der Waals surface area contributed by atoms with Crippen molar-refractivity contribution in [2.45, 2.75) is 0 Å². The molecule has 0 saturated heterocycles. The number of rotatable bonds is 6. The molecular formula is C12H19N3O4S. The lowest BCUT2D eigenvalue weighted by Gasteiger charge is -2.20. The Kier molecular flexibility index (Phi) is 5.49. The smallest absolute Gasteiger partial charge is 0.281 e. The van der Waals surface area contributed by atoms with Gasteiger partial charge in [0.15, 0.2) is 0 Å². The quantitative estimate of drug-likeness (QED) is 0.823. The molecule has 1 rings (SSSR count). The molecule has 1 N–H and O–H groups in total. The van der Waals surface area contributed by atoms with Crippen molar-refractivity contribution < 1.29 is 17.9 Å². The van der Waals surface area contributed by atoms with Gasteiger partial charge in [0, 0.05) is 32.9 Å². The lowest BCUT2D eigenvalue weighted by Crippen LogP contribution is -2.41. The summed E-state index contributed by atoms with van der Waals surface area (Å²) in [6.45, 7) is -0.266. The van der Waals surface area contributed by atoms with E-state index in [0.29, 0.717) is 11.4 Å². The van der Waals surface area contributed by atoms with Gasteiger partial charge in [0.05, 0.1) is 13.7 Å². The van der Waals surface area contributed by atoms with Crippen LogP contribution in [-0.4, -0.2) is 57.7 Å². The summed E-state index contributed by atoms with van der Waals surface area (Å²) in [7, 11) is 2.09. The van der Waals surface area contributed by atoms with E-state index in [-0.39, 0.29) is 6.54 Å². The van der Waals surface area contributed by atoms with E-state index in [1.54, 1.807) is 24.3 Å². The molecular weight excluding hydrogens is 282 g/mol. The fourth-order valence-corrected chi connectivity index (χ4v) is 2.30. The number of amides is 1. The number of carbonyl (C=O) groups excluding carboxylic acids is 1. The van der Waals surface area contributed by atoms with Crippen LogP contribution in [0.1, 0.15) is 0 Å². The predicted molar refractivity (Wildman–Crippen MR) is 76.9 cm³/mol. The first-order valence-electron chi connectivity index (χ1n) is 5.85. The number of hydrogen-bond donors (Lipinski definition) is 1. The number of nitrogens with one attached hydrogen (secondary N) is 1. The van der Waals surface area contributed by atoms with Crippen molar-refractivity contribution >= 4 is 21.8 Å². The lowest BCUT2D eigenvalue weighted by atomic mass is 10.3. The third-order valence-corrected chi connectivity index (χ3v) is 4.41. The number of likely N-dealkylation sites (N-methyl/N-ethyl adjacent to an activating group) is 1. The van der Waals surface area contributed by atoms with E-state index in [0.717, 1.165) is 8.61 Å². The fraction of sp³-hybridized carbons (Fsp3) is 0.417. The standard InChI is InChI=1S/C12H19N3O4S/c1-14(2)20(17,18)15(3)9-12(16)13-10-6-5-7-11(8-10)19-4/h5-8H,9H2,1-4H3,(H,13,16). The fourth-order valence-electron chi connectivity index (χ4n) is 1.46. The summed E-state index contributed by atoms with van der Waals surface area (Å²) in [6.07, 6.45) is 0. The molecule has 8 heteroatoms. The lowest BCUT2D eigenvalue weighted by molar-refractivity contribution is -0.116. The summed E-state index contributed by atoms with van der Waals surface area (Å²) < 4.78 is 30.6. The van der Waals surface area contributed by atoms with Crippen LogP contribution in [0.2, 0.25) is 0 Å². The SMILES string of the molecule is COc1cccc(NC(=O)CN(C)S(=O)(=O)N(C)C)c1. The van der Waals surface area contributed by atoms with Gasteiger partial charge in [-0.2, -0.15) is 17.0 Å². The maximum atomic E-state index is 11.8. The van der Waals surface area contributed by atoms with Crippen LogP contribution in [0.15, 0.2) is 24.3 Å². The Morgan fingerprint density at radius 2 is 1.95 bits per heavy atom. The minimum absolute atomic E-state index is 0.266. The highest BCUT2D eigenvalue weighted by Crippen LogP contribution is 2.16. The van der Waals surface area contributed by atoms with Crippen LogP contribution in [0.25, 0.3) is 0 Å². The first kappa shape index (κ1) is 16.4. The number of anilines is 1. The van der Waals surface area contributed by atoms with Gasteiger partial charge < -0.3 is 10.1 Å². The molecule has 0 aromatic heterocycles. The molecule has 0 heterocycles. The van der Waals surface area contributed by atoms with Gasteiger partial charge in [-0.15, -0.1) is 0 Å². The second-order valence-corrected chi connectivity index (χ2v) is 6.58. The molecule has 1 aromatic rings.